The van der Waals surface area contributed by atoms with Crippen molar-refractivity contribution in [3.63, 3.8) is 0 Å². The van der Waals surface area contributed by atoms with Crippen molar-refractivity contribution in [2.75, 3.05) is 0 Å². The maximum Gasteiger partial charge on any atom is -0.0152 e. The number of benzene rings is 2. The van der Waals surface area contributed by atoms with Crippen molar-refractivity contribution in [1.82, 2.24) is 0 Å². The van der Waals surface area contributed by atoms with E-state index < -0.39 is 0 Å². The predicted molar refractivity (Wildman–Crippen MR) is 79.0 cm³/mol. The summed E-state index contributed by atoms with van der Waals surface area (Å²) in [5, 5.41) is 2.87. The van der Waals surface area contributed by atoms with Gasteiger partial charge in [0, 0.05) is 0 Å². The minimum atomic E-state index is 0.920. The molecule has 1 aliphatic rings. The first-order valence-electron chi connectivity index (χ1n) is 7.31. The molecule has 1 aliphatic carbocycles. The van der Waals surface area contributed by atoms with Crippen LogP contribution in [0.3, 0.4) is 0 Å². The van der Waals surface area contributed by atoms with Crippen LogP contribution >= 0.6 is 0 Å². The van der Waals surface area contributed by atoms with E-state index in [0.717, 1.165) is 5.92 Å². The van der Waals surface area contributed by atoms with Crippen LogP contribution in [0.15, 0.2) is 36.4 Å². The maximum absolute atomic E-state index is 2.40. The zero-order chi connectivity index (χ0) is 12.4. The lowest BCUT2D eigenvalue weighted by atomic mass is 9.83. The van der Waals surface area contributed by atoms with Gasteiger partial charge in [0.05, 0.1) is 0 Å². The molecular weight excluding hydrogens is 216 g/mol. The van der Waals surface area contributed by atoms with Crippen LogP contribution in [-0.2, 0) is 6.42 Å². The van der Waals surface area contributed by atoms with Crippen LogP contribution < -0.4 is 0 Å². The molecule has 0 heterocycles. The van der Waals surface area contributed by atoms with Gasteiger partial charge in [-0.15, -0.1) is 0 Å². The van der Waals surface area contributed by atoms with Crippen LogP contribution in [0.4, 0.5) is 0 Å². The first kappa shape index (κ1) is 11.8. The van der Waals surface area contributed by atoms with Crippen LogP contribution in [0.25, 0.3) is 10.8 Å². The molecule has 18 heavy (non-hydrogen) atoms. The van der Waals surface area contributed by atoms with Crippen LogP contribution in [-0.4, -0.2) is 0 Å². The number of aryl methyl sites for hydroxylation is 1. The maximum atomic E-state index is 2.40. The second kappa shape index (κ2) is 5.14. The molecule has 0 amide bonds. The van der Waals surface area contributed by atoms with E-state index in [2.05, 4.69) is 43.3 Å². The van der Waals surface area contributed by atoms with Gasteiger partial charge in [-0.2, -0.15) is 0 Å². The molecule has 94 valence electrons. The molecule has 0 bridgehead atoms. The quantitative estimate of drug-likeness (QED) is 0.668. The van der Waals surface area contributed by atoms with Gasteiger partial charge in [-0.05, 0) is 35.6 Å². The second-order valence-corrected chi connectivity index (χ2v) is 5.85. The Hall–Kier alpha value is -1.30. The summed E-state index contributed by atoms with van der Waals surface area (Å²) >= 11 is 0. The molecule has 0 atom stereocenters. The fourth-order valence-corrected chi connectivity index (χ4v) is 3.43. The Morgan fingerprint density at radius 3 is 2.61 bits per heavy atom. The topological polar surface area (TPSA) is 0 Å². The Labute approximate surface area is 110 Å². The molecule has 0 saturated heterocycles. The highest BCUT2D eigenvalue weighted by Crippen LogP contribution is 2.30. The zero-order valence-corrected chi connectivity index (χ0v) is 11.3. The van der Waals surface area contributed by atoms with Gasteiger partial charge in [0.25, 0.3) is 0 Å². The summed E-state index contributed by atoms with van der Waals surface area (Å²) in [6, 6.07) is 13.5. The normalized spacial score (nSPS) is 17.2. The molecule has 0 unspecified atom stereocenters. The highest BCUT2D eigenvalue weighted by Gasteiger charge is 2.15. The zero-order valence-electron chi connectivity index (χ0n) is 11.3. The molecule has 1 saturated carbocycles. The van der Waals surface area contributed by atoms with Gasteiger partial charge in [-0.25, -0.2) is 0 Å². The van der Waals surface area contributed by atoms with Gasteiger partial charge in [-0.1, -0.05) is 74.1 Å². The molecule has 2 aromatic carbocycles. The van der Waals surface area contributed by atoms with E-state index in [1.54, 1.807) is 5.56 Å². The second-order valence-electron chi connectivity index (χ2n) is 5.85. The standard InChI is InChI=1S/C18H22/c1-14-11-16-9-5-6-10-18(16)17(12-14)13-15-7-3-2-4-8-15/h5-6,9-12,15H,2-4,7-8,13H2,1H3. The molecule has 0 nitrogen and oxygen atoms in total. The first-order valence-corrected chi connectivity index (χ1v) is 7.31. The SMILES string of the molecule is Cc1cc(CC2CCCCC2)c2ccccc2c1. The summed E-state index contributed by atoms with van der Waals surface area (Å²) in [5.74, 6) is 0.920. The van der Waals surface area contributed by atoms with E-state index in [4.69, 9.17) is 0 Å². The van der Waals surface area contributed by atoms with E-state index in [1.807, 2.05) is 0 Å². The lowest BCUT2D eigenvalue weighted by molar-refractivity contribution is 0.357. The Morgan fingerprint density at radius 1 is 1.00 bits per heavy atom. The van der Waals surface area contributed by atoms with E-state index in [9.17, 15) is 0 Å². The number of fused-ring (bicyclic) bond motifs is 1. The molecule has 0 N–H and O–H groups in total. The van der Waals surface area contributed by atoms with Crippen molar-refractivity contribution in [1.29, 1.82) is 0 Å². The number of rotatable bonds is 2. The minimum Gasteiger partial charge on any atom is -0.0616 e. The van der Waals surface area contributed by atoms with Crippen LogP contribution in [0.1, 0.15) is 43.2 Å². The average Bonchev–Trinajstić information content (AvgIpc) is 2.40. The molecule has 2 aromatic rings. The van der Waals surface area contributed by atoms with Crippen molar-refractivity contribution < 1.29 is 0 Å². The molecule has 0 aromatic heterocycles. The Bertz CT molecular complexity index is 533. The highest BCUT2D eigenvalue weighted by atomic mass is 14.2. The highest BCUT2D eigenvalue weighted by molar-refractivity contribution is 5.86. The van der Waals surface area contributed by atoms with Gasteiger partial charge in [0.2, 0.25) is 0 Å². The lowest BCUT2D eigenvalue weighted by Gasteiger charge is -2.22. The van der Waals surface area contributed by atoms with E-state index in [0.29, 0.717) is 0 Å². The molecule has 0 aliphatic heterocycles. The van der Waals surface area contributed by atoms with Gasteiger partial charge in [-0.3, -0.25) is 0 Å². The van der Waals surface area contributed by atoms with Crippen molar-refractivity contribution in [3.05, 3.63) is 47.5 Å². The van der Waals surface area contributed by atoms with Crippen molar-refractivity contribution in [2.24, 2.45) is 5.92 Å². The average molecular weight is 238 g/mol. The minimum absolute atomic E-state index is 0.920. The number of hydrogen-bond donors (Lipinski definition) is 0. The fraction of sp³-hybridized carbons (Fsp3) is 0.444. The largest absolute Gasteiger partial charge is 0.0616 e. The summed E-state index contributed by atoms with van der Waals surface area (Å²) in [7, 11) is 0. The van der Waals surface area contributed by atoms with E-state index in [-0.39, 0.29) is 0 Å². The molecule has 0 spiro atoms. The Kier molecular flexibility index (Phi) is 3.36. The summed E-state index contributed by atoms with van der Waals surface area (Å²) in [6.07, 6.45) is 8.47. The van der Waals surface area contributed by atoms with Gasteiger partial charge < -0.3 is 0 Å². The van der Waals surface area contributed by atoms with Crippen molar-refractivity contribution >= 4 is 10.8 Å². The van der Waals surface area contributed by atoms with Crippen LogP contribution in [0, 0.1) is 12.8 Å². The van der Waals surface area contributed by atoms with Crippen LogP contribution in [0.5, 0.6) is 0 Å². The van der Waals surface area contributed by atoms with E-state index in [1.165, 1.54) is 54.9 Å². The monoisotopic (exact) mass is 238 g/mol. The summed E-state index contributed by atoms with van der Waals surface area (Å²) in [6.45, 7) is 2.22. The first-order chi connectivity index (χ1) is 8.83. The molecular formula is C18H22. The predicted octanol–water partition coefficient (Wildman–Crippen LogP) is 5.27. The molecule has 3 rings (SSSR count). The third-order valence-electron chi connectivity index (χ3n) is 4.33. The summed E-state index contributed by atoms with van der Waals surface area (Å²) < 4.78 is 0. The smallest absolute Gasteiger partial charge is 0.0152 e. The molecule has 0 radical (unpaired) electrons. The van der Waals surface area contributed by atoms with Crippen LogP contribution in [0.2, 0.25) is 0 Å². The third kappa shape index (κ3) is 2.43. The third-order valence-corrected chi connectivity index (χ3v) is 4.33. The summed E-state index contributed by atoms with van der Waals surface area (Å²) in [5.41, 5.74) is 2.97. The van der Waals surface area contributed by atoms with Gasteiger partial charge in [0.15, 0.2) is 0 Å². The molecule has 0 heteroatoms. The van der Waals surface area contributed by atoms with Crippen molar-refractivity contribution in [2.45, 2.75) is 45.4 Å². The van der Waals surface area contributed by atoms with E-state index >= 15 is 0 Å². The number of hydrogen-bond acceptors (Lipinski definition) is 0. The summed E-state index contributed by atoms with van der Waals surface area (Å²) in [4.78, 5) is 0. The van der Waals surface area contributed by atoms with Gasteiger partial charge in [0.1, 0.15) is 0 Å². The van der Waals surface area contributed by atoms with Gasteiger partial charge >= 0.3 is 0 Å². The Morgan fingerprint density at radius 2 is 1.78 bits per heavy atom. The molecule has 1 fully saturated rings. The fourth-order valence-electron chi connectivity index (χ4n) is 3.43. The lowest BCUT2D eigenvalue weighted by Crippen LogP contribution is -2.09. The Balaban J connectivity index is 1.94. The van der Waals surface area contributed by atoms with Crippen molar-refractivity contribution in [3.8, 4) is 0 Å².